The highest BCUT2D eigenvalue weighted by molar-refractivity contribution is 6.49. The molecule has 0 N–H and O–H groups in total. The lowest BCUT2D eigenvalue weighted by molar-refractivity contribution is -0.162. The molecule has 2 unspecified atom stereocenters. The van der Waals surface area contributed by atoms with E-state index in [4.69, 9.17) is 30.5 Å². The monoisotopic (exact) mass is 476 g/mol. The summed E-state index contributed by atoms with van der Waals surface area (Å²) in [5.74, 6) is -0.487. The molecular weight excluding hydrogens is 444 g/mol. The Kier molecular flexibility index (Phi) is 9.10. The summed E-state index contributed by atoms with van der Waals surface area (Å²) in [6.45, 7) is 2.66. The van der Waals surface area contributed by atoms with Gasteiger partial charge in [0.25, 0.3) is 0 Å². The third kappa shape index (κ3) is 6.74. The third-order valence-electron chi connectivity index (χ3n) is 6.33. The minimum absolute atomic E-state index is 0.0192. The van der Waals surface area contributed by atoms with Crippen molar-refractivity contribution in [3.05, 3.63) is 45.5 Å². The molecule has 2 heterocycles. The molecule has 1 aromatic rings. The van der Waals surface area contributed by atoms with Crippen molar-refractivity contribution in [2.24, 2.45) is 0 Å². The summed E-state index contributed by atoms with van der Waals surface area (Å²) in [6.07, 6.45) is 10.3. The molecule has 0 aromatic heterocycles. The Bertz CT molecular complexity index is 868. The number of hydrogen-bond acceptors (Lipinski definition) is 6. The van der Waals surface area contributed by atoms with Crippen LogP contribution in [0.2, 0.25) is 0 Å². The minimum atomic E-state index is -0.276. The smallest absolute Gasteiger partial charge is 0.205 e. The highest BCUT2D eigenvalue weighted by Crippen LogP contribution is 2.29. The van der Waals surface area contributed by atoms with Crippen LogP contribution in [0.25, 0.3) is 0 Å². The maximum Gasteiger partial charge on any atom is 0.205 e. The predicted molar refractivity (Wildman–Crippen MR) is 125 cm³/mol. The molecule has 7 heteroatoms. The van der Waals surface area contributed by atoms with Gasteiger partial charge in [0.2, 0.25) is 5.78 Å². The fourth-order valence-corrected chi connectivity index (χ4v) is 4.80. The molecule has 2 aliphatic heterocycles. The van der Waals surface area contributed by atoms with E-state index in [1.165, 1.54) is 6.08 Å². The van der Waals surface area contributed by atoms with Crippen LogP contribution in [0, 0.1) is 0 Å². The molecule has 1 aliphatic carbocycles. The first kappa shape index (κ1) is 24.6. The van der Waals surface area contributed by atoms with Crippen LogP contribution in [0.15, 0.2) is 23.2 Å². The topological polar surface area (TPSA) is 71.1 Å². The minimum Gasteiger partial charge on any atom is -0.353 e. The largest absolute Gasteiger partial charge is 0.353 e. The summed E-state index contributed by atoms with van der Waals surface area (Å²) >= 11 is 6.06. The highest BCUT2D eigenvalue weighted by Gasteiger charge is 2.28. The van der Waals surface area contributed by atoms with E-state index in [0.717, 1.165) is 82.1 Å². The lowest BCUT2D eigenvalue weighted by Gasteiger charge is -2.23. The molecule has 6 nitrogen and oxygen atoms in total. The van der Waals surface area contributed by atoms with Crippen molar-refractivity contribution < 1.29 is 28.5 Å². The lowest BCUT2D eigenvalue weighted by atomic mass is 9.86. The summed E-state index contributed by atoms with van der Waals surface area (Å²) in [7, 11) is 0. The molecule has 4 rings (SSSR count). The first-order valence-electron chi connectivity index (χ1n) is 12.2. The second-order valence-corrected chi connectivity index (χ2v) is 9.31. The normalized spacial score (nSPS) is 23.4. The fraction of sp³-hybridized carbons (Fsp3) is 0.615. The van der Waals surface area contributed by atoms with Crippen LogP contribution in [0.1, 0.15) is 83.2 Å². The average Bonchev–Trinajstić information content (AvgIpc) is 2.84. The number of carbonyl (C=O) groups excluding carboxylic acids is 2. The number of carbonyl (C=O) groups is 2. The van der Waals surface area contributed by atoms with E-state index in [2.05, 4.69) is 0 Å². The molecule has 0 radical (unpaired) electrons. The van der Waals surface area contributed by atoms with Gasteiger partial charge in [0.15, 0.2) is 18.4 Å². The average molecular weight is 477 g/mol. The number of hydrogen-bond donors (Lipinski definition) is 0. The van der Waals surface area contributed by atoms with E-state index in [1.807, 2.05) is 12.1 Å². The second-order valence-electron chi connectivity index (χ2n) is 8.90. The Balaban J connectivity index is 1.38. The second kappa shape index (κ2) is 12.2. The molecule has 2 atom stereocenters. The zero-order valence-corrected chi connectivity index (χ0v) is 19.9. The number of benzene rings is 1. The molecular formula is C26H33ClO6. The van der Waals surface area contributed by atoms with Crippen molar-refractivity contribution >= 4 is 23.2 Å². The zero-order chi connectivity index (χ0) is 23.0. The van der Waals surface area contributed by atoms with Crippen molar-refractivity contribution in [2.45, 2.75) is 76.8 Å². The fourth-order valence-electron chi connectivity index (χ4n) is 4.60. The van der Waals surface area contributed by atoms with Crippen LogP contribution in [-0.2, 0) is 31.8 Å². The number of fused-ring (bicyclic) bond motifs is 1. The first-order valence-corrected chi connectivity index (χ1v) is 12.6. The molecule has 2 fully saturated rings. The van der Waals surface area contributed by atoms with Gasteiger partial charge in [0.05, 0.1) is 18.2 Å². The Morgan fingerprint density at radius 2 is 1.52 bits per heavy atom. The number of ketones is 2. The van der Waals surface area contributed by atoms with E-state index in [9.17, 15) is 9.59 Å². The van der Waals surface area contributed by atoms with Gasteiger partial charge in [0, 0.05) is 30.4 Å². The van der Waals surface area contributed by atoms with E-state index < -0.39 is 0 Å². The lowest BCUT2D eigenvalue weighted by Crippen LogP contribution is -2.23. The first-order chi connectivity index (χ1) is 16.1. The van der Waals surface area contributed by atoms with E-state index in [-0.39, 0.29) is 29.2 Å². The summed E-state index contributed by atoms with van der Waals surface area (Å²) < 4.78 is 22.9. The molecule has 0 bridgehead atoms. The van der Waals surface area contributed by atoms with Crippen molar-refractivity contribution in [1.29, 1.82) is 0 Å². The molecule has 2 saturated heterocycles. The van der Waals surface area contributed by atoms with Crippen LogP contribution >= 0.6 is 11.6 Å². The van der Waals surface area contributed by atoms with Gasteiger partial charge in [0.1, 0.15) is 0 Å². The van der Waals surface area contributed by atoms with E-state index in [1.54, 1.807) is 0 Å². The van der Waals surface area contributed by atoms with E-state index in [0.29, 0.717) is 30.8 Å². The Morgan fingerprint density at radius 3 is 2.12 bits per heavy atom. The molecule has 0 saturated carbocycles. The van der Waals surface area contributed by atoms with Gasteiger partial charge < -0.3 is 18.9 Å². The van der Waals surface area contributed by atoms with Crippen LogP contribution < -0.4 is 0 Å². The summed E-state index contributed by atoms with van der Waals surface area (Å²) in [5.41, 5.74) is 2.78. The zero-order valence-electron chi connectivity index (χ0n) is 19.1. The maximum atomic E-state index is 12.8. The maximum absolute atomic E-state index is 12.8. The Morgan fingerprint density at radius 1 is 0.879 bits per heavy atom. The molecule has 180 valence electrons. The quantitative estimate of drug-likeness (QED) is 0.435. The van der Waals surface area contributed by atoms with E-state index >= 15 is 0 Å². The molecule has 3 aliphatic rings. The van der Waals surface area contributed by atoms with Crippen molar-refractivity contribution in [1.82, 2.24) is 0 Å². The third-order valence-corrected chi connectivity index (χ3v) is 6.61. The Labute approximate surface area is 200 Å². The van der Waals surface area contributed by atoms with Crippen molar-refractivity contribution in [3.63, 3.8) is 0 Å². The number of halogens is 1. The van der Waals surface area contributed by atoms with Gasteiger partial charge in [-0.05, 0) is 81.4 Å². The standard InChI is InChI=1S/C26H33ClO6/c27-21-17-22(28)20-16-18(7-5-13-32-23-9-1-3-11-30-23)15-19(25(20)26(21)29)8-6-14-33-24-10-2-4-12-31-24/h15-17,23-24H,1-14H2. The van der Waals surface area contributed by atoms with Gasteiger partial charge in [-0.25, -0.2) is 0 Å². The predicted octanol–water partition coefficient (Wildman–Crippen LogP) is 5.14. The van der Waals surface area contributed by atoms with Crippen LogP contribution in [0.4, 0.5) is 0 Å². The van der Waals surface area contributed by atoms with Crippen LogP contribution in [-0.4, -0.2) is 50.6 Å². The van der Waals surface area contributed by atoms with Crippen molar-refractivity contribution in [3.8, 4) is 0 Å². The number of aryl methyl sites for hydroxylation is 2. The molecule has 0 spiro atoms. The van der Waals surface area contributed by atoms with Gasteiger partial charge in [-0.2, -0.15) is 0 Å². The van der Waals surface area contributed by atoms with Crippen LogP contribution in [0.5, 0.6) is 0 Å². The number of Topliss-reactive ketones (excluding diaryl/α,β-unsaturated/α-hetero) is 1. The number of ether oxygens (including phenoxy) is 4. The summed E-state index contributed by atoms with van der Waals surface area (Å²) in [6, 6.07) is 3.87. The van der Waals surface area contributed by atoms with Gasteiger partial charge in [-0.1, -0.05) is 17.7 Å². The SMILES string of the molecule is O=C1C=C(Cl)C(=O)c2c(CCCOC3CCCCO3)cc(CCCOC3CCCCO3)cc21. The van der Waals surface area contributed by atoms with Crippen LogP contribution in [0.3, 0.4) is 0 Å². The molecule has 0 amide bonds. The molecule has 33 heavy (non-hydrogen) atoms. The van der Waals surface area contributed by atoms with Gasteiger partial charge >= 0.3 is 0 Å². The summed E-state index contributed by atoms with van der Waals surface area (Å²) in [5, 5.41) is -0.0192. The molecule has 1 aromatic carbocycles. The van der Waals surface area contributed by atoms with Crippen molar-refractivity contribution in [2.75, 3.05) is 26.4 Å². The Hall–Kier alpha value is -1.57. The van der Waals surface area contributed by atoms with Gasteiger partial charge in [-0.15, -0.1) is 0 Å². The number of rotatable bonds is 10. The highest BCUT2D eigenvalue weighted by atomic mass is 35.5. The van der Waals surface area contributed by atoms with Gasteiger partial charge in [-0.3, -0.25) is 9.59 Å². The summed E-state index contributed by atoms with van der Waals surface area (Å²) in [4.78, 5) is 25.4. The number of allylic oxidation sites excluding steroid dienone is 2.